The molecule has 0 aliphatic heterocycles. The Bertz CT molecular complexity index is 233. The molecular formula is C9H13N3. The first kappa shape index (κ1) is 8.87. The zero-order valence-corrected chi connectivity index (χ0v) is 6.98. The molecule has 64 valence electrons. The van der Waals surface area contributed by atoms with Crippen LogP contribution in [0.5, 0.6) is 0 Å². The zero-order valence-electron chi connectivity index (χ0n) is 6.98. The fourth-order valence-electron chi connectivity index (χ4n) is 0.966. The number of nitrogens with zero attached hydrogens (tertiary/aromatic N) is 2. The van der Waals surface area contributed by atoms with Gasteiger partial charge in [-0.05, 0) is 12.8 Å². The van der Waals surface area contributed by atoms with Gasteiger partial charge in [0, 0.05) is 24.0 Å². The Balaban J connectivity index is 2.53. The molecule has 1 aromatic rings. The van der Waals surface area contributed by atoms with Crippen molar-refractivity contribution in [2.24, 2.45) is 5.73 Å². The molecule has 0 fully saturated rings. The van der Waals surface area contributed by atoms with Gasteiger partial charge in [0.05, 0.1) is 0 Å². The predicted octanol–water partition coefficient (Wildman–Crippen LogP) is 1.44. The third-order valence-electron chi connectivity index (χ3n) is 1.69. The molecule has 3 nitrogen and oxygen atoms in total. The average molecular weight is 163 g/mol. The van der Waals surface area contributed by atoms with E-state index in [0.29, 0.717) is 0 Å². The van der Waals surface area contributed by atoms with Crippen LogP contribution in [0.15, 0.2) is 31.4 Å². The normalized spacial score (nSPS) is 12.4. The first-order chi connectivity index (χ1) is 5.84. The van der Waals surface area contributed by atoms with Gasteiger partial charge in [0.2, 0.25) is 0 Å². The Morgan fingerprint density at radius 2 is 2.17 bits per heavy atom. The lowest BCUT2D eigenvalue weighted by molar-refractivity contribution is 0.655. The van der Waals surface area contributed by atoms with Gasteiger partial charge in [-0.2, -0.15) is 0 Å². The van der Waals surface area contributed by atoms with Crippen LogP contribution in [0.1, 0.15) is 24.4 Å². The van der Waals surface area contributed by atoms with E-state index < -0.39 is 0 Å². The lowest BCUT2D eigenvalue weighted by Gasteiger charge is -2.08. The summed E-state index contributed by atoms with van der Waals surface area (Å²) in [4.78, 5) is 7.79. The van der Waals surface area contributed by atoms with Gasteiger partial charge < -0.3 is 5.73 Å². The molecular weight excluding hydrogens is 150 g/mol. The smallest absolute Gasteiger partial charge is 0.115 e. The van der Waals surface area contributed by atoms with Crippen molar-refractivity contribution < 1.29 is 0 Å². The summed E-state index contributed by atoms with van der Waals surface area (Å²) in [6, 6.07) is 0.0317. The van der Waals surface area contributed by atoms with Gasteiger partial charge in [-0.15, -0.1) is 6.58 Å². The second-order valence-electron chi connectivity index (χ2n) is 2.64. The maximum absolute atomic E-state index is 5.85. The molecule has 0 aliphatic rings. The Kier molecular flexibility index (Phi) is 3.41. The van der Waals surface area contributed by atoms with Crippen molar-refractivity contribution in [3.05, 3.63) is 36.9 Å². The van der Waals surface area contributed by atoms with E-state index in [0.717, 1.165) is 18.4 Å². The number of hydrogen-bond acceptors (Lipinski definition) is 3. The van der Waals surface area contributed by atoms with Crippen LogP contribution < -0.4 is 5.73 Å². The van der Waals surface area contributed by atoms with Crippen molar-refractivity contribution in [1.29, 1.82) is 0 Å². The van der Waals surface area contributed by atoms with E-state index in [1.54, 1.807) is 12.4 Å². The van der Waals surface area contributed by atoms with E-state index in [2.05, 4.69) is 16.5 Å². The lowest BCUT2D eigenvalue weighted by Crippen LogP contribution is -2.10. The summed E-state index contributed by atoms with van der Waals surface area (Å²) < 4.78 is 0. The Labute approximate surface area is 72.3 Å². The molecule has 0 aromatic carbocycles. The molecule has 12 heavy (non-hydrogen) atoms. The van der Waals surface area contributed by atoms with E-state index in [9.17, 15) is 0 Å². The van der Waals surface area contributed by atoms with Gasteiger partial charge in [0.25, 0.3) is 0 Å². The summed E-state index contributed by atoms with van der Waals surface area (Å²) in [5.74, 6) is 0. The van der Waals surface area contributed by atoms with Crippen LogP contribution >= 0.6 is 0 Å². The number of rotatable bonds is 4. The second kappa shape index (κ2) is 4.62. The third kappa shape index (κ3) is 2.43. The van der Waals surface area contributed by atoms with Crippen LogP contribution in [-0.4, -0.2) is 9.97 Å². The highest BCUT2D eigenvalue weighted by atomic mass is 14.8. The summed E-state index contributed by atoms with van der Waals surface area (Å²) in [6.45, 7) is 3.64. The average Bonchev–Trinajstić information content (AvgIpc) is 2.15. The molecule has 1 aromatic heterocycles. The minimum absolute atomic E-state index is 0.0317. The Hall–Kier alpha value is -1.22. The first-order valence-electron chi connectivity index (χ1n) is 3.96. The van der Waals surface area contributed by atoms with Gasteiger partial charge in [-0.3, -0.25) is 0 Å². The number of hydrogen-bond donors (Lipinski definition) is 1. The van der Waals surface area contributed by atoms with Gasteiger partial charge in [-0.25, -0.2) is 9.97 Å². The van der Waals surface area contributed by atoms with Crippen molar-refractivity contribution in [1.82, 2.24) is 9.97 Å². The minimum atomic E-state index is 0.0317. The fourth-order valence-corrected chi connectivity index (χ4v) is 0.966. The number of aromatic nitrogens is 2. The first-order valence-corrected chi connectivity index (χ1v) is 3.96. The van der Waals surface area contributed by atoms with Crippen LogP contribution in [0.25, 0.3) is 0 Å². The van der Waals surface area contributed by atoms with Gasteiger partial charge in [0.1, 0.15) is 6.33 Å². The standard InChI is InChI=1S/C9H13N3/c1-2-3-4-9(10)8-5-11-7-12-6-8/h2,5-7,9H,1,3-4,10H2. The maximum Gasteiger partial charge on any atom is 0.115 e. The van der Waals surface area contributed by atoms with E-state index >= 15 is 0 Å². The molecule has 0 amide bonds. The highest BCUT2D eigenvalue weighted by Crippen LogP contribution is 2.12. The van der Waals surface area contributed by atoms with Crippen molar-refractivity contribution in [2.75, 3.05) is 0 Å². The van der Waals surface area contributed by atoms with E-state index in [4.69, 9.17) is 5.73 Å². The molecule has 0 radical (unpaired) electrons. The minimum Gasteiger partial charge on any atom is -0.324 e. The molecule has 0 spiro atoms. The van der Waals surface area contributed by atoms with Crippen molar-refractivity contribution >= 4 is 0 Å². The highest BCUT2D eigenvalue weighted by Gasteiger charge is 2.03. The molecule has 0 saturated carbocycles. The number of allylic oxidation sites excluding steroid dienone is 1. The molecule has 1 unspecified atom stereocenters. The van der Waals surface area contributed by atoms with Crippen molar-refractivity contribution in [3.8, 4) is 0 Å². The van der Waals surface area contributed by atoms with Crippen LogP contribution in [0.4, 0.5) is 0 Å². The van der Waals surface area contributed by atoms with Crippen molar-refractivity contribution in [2.45, 2.75) is 18.9 Å². The molecule has 0 saturated heterocycles. The van der Waals surface area contributed by atoms with Crippen LogP contribution in [0.2, 0.25) is 0 Å². The summed E-state index contributed by atoms with van der Waals surface area (Å²) in [5, 5.41) is 0. The summed E-state index contributed by atoms with van der Waals surface area (Å²) in [7, 11) is 0. The van der Waals surface area contributed by atoms with Gasteiger partial charge in [-0.1, -0.05) is 6.08 Å². The summed E-state index contributed by atoms with van der Waals surface area (Å²) >= 11 is 0. The van der Waals surface area contributed by atoms with Gasteiger partial charge in [0.15, 0.2) is 0 Å². The lowest BCUT2D eigenvalue weighted by atomic mass is 10.1. The molecule has 1 heterocycles. The SMILES string of the molecule is C=CCCC(N)c1cncnc1. The molecule has 0 aliphatic carbocycles. The quantitative estimate of drug-likeness (QED) is 0.683. The van der Waals surface area contributed by atoms with E-state index in [1.807, 2.05) is 6.08 Å². The topological polar surface area (TPSA) is 51.8 Å². The highest BCUT2D eigenvalue weighted by molar-refractivity contribution is 5.08. The monoisotopic (exact) mass is 163 g/mol. The second-order valence-corrected chi connectivity index (χ2v) is 2.64. The third-order valence-corrected chi connectivity index (χ3v) is 1.69. The van der Waals surface area contributed by atoms with Gasteiger partial charge >= 0.3 is 0 Å². The molecule has 1 rings (SSSR count). The van der Waals surface area contributed by atoms with E-state index in [1.165, 1.54) is 6.33 Å². The largest absolute Gasteiger partial charge is 0.324 e. The van der Waals surface area contributed by atoms with Crippen molar-refractivity contribution in [3.63, 3.8) is 0 Å². The molecule has 0 bridgehead atoms. The molecule has 2 N–H and O–H groups in total. The van der Waals surface area contributed by atoms with Crippen LogP contribution in [-0.2, 0) is 0 Å². The summed E-state index contributed by atoms with van der Waals surface area (Å²) in [5.41, 5.74) is 6.84. The summed E-state index contributed by atoms with van der Waals surface area (Å²) in [6.07, 6.45) is 8.70. The predicted molar refractivity (Wildman–Crippen MR) is 48.4 cm³/mol. The Morgan fingerprint density at radius 1 is 1.50 bits per heavy atom. The zero-order chi connectivity index (χ0) is 8.81. The fraction of sp³-hybridized carbons (Fsp3) is 0.333. The molecule has 3 heteroatoms. The van der Waals surface area contributed by atoms with Crippen LogP contribution in [0.3, 0.4) is 0 Å². The molecule has 1 atom stereocenters. The maximum atomic E-state index is 5.85. The Morgan fingerprint density at radius 3 is 2.75 bits per heavy atom. The number of nitrogens with two attached hydrogens (primary N) is 1. The van der Waals surface area contributed by atoms with Crippen LogP contribution in [0, 0.1) is 0 Å². The van der Waals surface area contributed by atoms with E-state index in [-0.39, 0.29) is 6.04 Å².